The molecule has 0 aliphatic carbocycles. The Morgan fingerprint density at radius 1 is 0.759 bits per heavy atom. The summed E-state index contributed by atoms with van der Waals surface area (Å²) < 4.78 is 0. The van der Waals surface area contributed by atoms with E-state index in [1.807, 2.05) is 38.1 Å². The highest BCUT2D eigenvalue weighted by Crippen LogP contribution is 2.13. The van der Waals surface area contributed by atoms with Crippen LogP contribution in [0.1, 0.15) is 25.0 Å². The Balaban J connectivity index is 1.75. The van der Waals surface area contributed by atoms with E-state index in [1.165, 1.54) is 12.2 Å². The van der Waals surface area contributed by atoms with Gasteiger partial charge in [0, 0.05) is 35.3 Å². The molecule has 0 fully saturated rings. The molecule has 0 aliphatic heterocycles. The second-order valence-corrected chi connectivity index (χ2v) is 8.24. The fourth-order valence-electron chi connectivity index (χ4n) is 2.32. The molecular formula is C23H24Cl2N2O2. The van der Waals surface area contributed by atoms with Gasteiger partial charge in [-0.15, -0.1) is 0 Å². The van der Waals surface area contributed by atoms with Crippen molar-refractivity contribution in [1.82, 2.24) is 10.6 Å². The van der Waals surface area contributed by atoms with Crippen molar-refractivity contribution in [3.05, 3.63) is 81.9 Å². The zero-order valence-electron chi connectivity index (χ0n) is 16.4. The molecule has 4 nitrogen and oxygen atoms in total. The largest absolute Gasteiger partial charge is 0.352 e. The van der Waals surface area contributed by atoms with Crippen LogP contribution in [0, 0.1) is 5.41 Å². The molecule has 0 atom stereocenters. The van der Waals surface area contributed by atoms with Gasteiger partial charge in [-0.2, -0.15) is 0 Å². The van der Waals surface area contributed by atoms with E-state index in [4.69, 9.17) is 23.2 Å². The van der Waals surface area contributed by atoms with E-state index in [0.29, 0.717) is 23.1 Å². The monoisotopic (exact) mass is 430 g/mol. The molecule has 152 valence electrons. The summed E-state index contributed by atoms with van der Waals surface area (Å²) in [6.07, 6.45) is 6.41. The van der Waals surface area contributed by atoms with Crippen LogP contribution in [0.2, 0.25) is 10.0 Å². The van der Waals surface area contributed by atoms with E-state index in [9.17, 15) is 9.59 Å². The Bertz CT molecular complexity index is 813. The second-order valence-electron chi connectivity index (χ2n) is 7.37. The minimum absolute atomic E-state index is 0.193. The lowest BCUT2D eigenvalue weighted by Crippen LogP contribution is -2.41. The zero-order chi connectivity index (χ0) is 21.3. The first kappa shape index (κ1) is 22.7. The van der Waals surface area contributed by atoms with Crippen LogP contribution in [0.5, 0.6) is 0 Å². The van der Waals surface area contributed by atoms with Crippen molar-refractivity contribution in [1.29, 1.82) is 0 Å². The van der Waals surface area contributed by atoms with Gasteiger partial charge < -0.3 is 10.6 Å². The lowest BCUT2D eigenvalue weighted by atomic mass is 9.93. The van der Waals surface area contributed by atoms with Crippen molar-refractivity contribution >= 4 is 47.2 Å². The highest BCUT2D eigenvalue weighted by Gasteiger charge is 2.19. The lowest BCUT2D eigenvalue weighted by Gasteiger charge is -2.24. The molecule has 0 saturated carbocycles. The van der Waals surface area contributed by atoms with Gasteiger partial charge in [-0.05, 0) is 53.0 Å². The molecule has 2 N–H and O–H groups in total. The molecule has 0 unspecified atom stereocenters. The number of hydrogen-bond acceptors (Lipinski definition) is 2. The minimum Gasteiger partial charge on any atom is -0.352 e. The Morgan fingerprint density at radius 2 is 1.10 bits per heavy atom. The van der Waals surface area contributed by atoms with Crippen LogP contribution >= 0.6 is 23.2 Å². The number of carbonyl (C=O) groups is 2. The Kier molecular flexibility index (Phi) is 8.50. The fraction of sp³-hybridized carbons (Fsp3) is 0.217. The van der Waals surface area contributed by atoms with Gasteiger partial charge in [0.25, 0.3) is 0 Å². The molecular weight excluding hydrogens is 407 g/mol. The van der Waals surface area contributed by atoms with Crippen LogP contribution in [0.3, 0.4) is 0 Å². The third-order valence-electron chi connectivity index (χ3n) is 4.08. The standard InChI is InChI=1S/C23H24Cl2N2O2/c1-23(2,15-26-21(28)13-7-17-3-9-19(24)10-4-17)16-27-22(29)14-8-18-5-11-20(25)12-6-18/h3-14H,15-16H2,1-2H3,(H,26,28)(H,27,29)/b13-7-,14-8-. The number of carbonyl (C=O) groups excluding carboxylic acids is 2. The molecule has 0 heterocycles. The van der Waals surface area contributed by atoms with Gasteiger partial charge in [-0.25, -0.2) is 0 Å². The van der Waals surface area contributed by atoms with Crippen LogP contribution in [0.25, 0.3) is 12.2 Å². The minimum atomic E-state index is -0.298. The van der Waals surface area contributed by atoms with Crippen molar-refractivity contribution in [3.63, 3.8) is 0 Å². The van der Waals surface area contributed by atoms with E-state index in [2.05, 4.69) is 10.6 Å². The third-order valence-corrected chi connectivity index (χ3v) is 4.58. The topological polar surface area (TPSA) is 58.2 Å². The molecule has 2 aromatic rings. The summed E-state index contributed by atoms with van der Waals surface area (Å²) in [5.41, 5.74) is 1.49. The van der Waals surface area contributed by atoms with Gasteiger partial charge in [-0.3, -0.25) is 9.59 Å². The number of nitrogens with one attached hydrogen (secondary N) is 2. The number of hydrogen-bond donors (Lipinski definition) is 2. The lowest BCUT2D eigenvalue weighted by molar-refractivity contribution is -0.116. The first-order valence-electron chi connectivity index (χ1n) is 9.16. The molecule has 0 spiro atoms. The summed E-state index contributed by atoms with van der Waals surface area (Å²) >= 11 is 11.7. The van der Waals surface area contributed by atoms with Crippen molar-refractivity contribution in [2.75, 3.05) is 13.1 Å². The molecule has 0 bridgehead atoms. The maximum absolute atomic E-state index is 12.0. The first-order valence-corrected chi connectivity index (χ1v) is 9.92. The van der Waals surface area contributed by atoms with Crippen LogP contribution in [-0.2, 0) is 9.59 Å². The van der Waals surface area contributed by atoms with Gasteiger partial charge >= 0.3 is 0 Å². The summed E-state index contributed by atoms with van der Waals surface area (Å²) in [5, 5.41) is 7.02. The zero-order valence-corrected chi connectivity index (χ0v) is 17.9. The average molecular weight is 431 g/mol. The van der Waals surface area contributed by atoms with E-state index in [1.54, 1.807) is 36.4 Å². The normalized spacial score (nSPS) is 11.7. The Morgan fingerprint density at radius 3 is 1.45 bits per heavy atom. The molecule has 2 rings (SSSR count). The van der Waals surface area contributed by atoms with Crippen molar-refractivity contribution in [2.45, 2.75) is 13.8 Å². The van der Waals surface area contributed by atoms with Gasteiger partial charge in [0.2, 0.25) is 11.8 Å². The number of rotatable bonds is 8. The predicted octanol–water partition coefficient (Wildman–Crippen LogP) is 4.98. The van der Waals surface area contributed by atoms with Crippen molar-refractivity contribution in [3.8, 4) is 0 Å². The number of halogens is 2. The summed E-state index contributed by atoms with van der Waals surface area (Å²) in [4.78, 5) is 24.0. The number of amides is 2. The van der Waals surface area contributed by atoms with Gasteiger partial charge in [-0.1, -0.05) is 61.3 Å². The first-order chi connectivity index (χ1) is 13.7. The summed E-state index contributed by atoms with van der Waals surface area (Å²) in [6, 6.07) is 14.4. The van der Waals surface area contributed by atoms with E-state index in [0.717, 1.165) is 11.1 Å². The maximum Gasteiger partial charge on any atom is 0.244 e. The number of benzene rings is 2. The molecule has 0 aromatic heterocycles. The third kappa shape index (κ3) is 8.99. The quantitative estimate of drug-likeness (QED) is 0.580. The van der Waals surface area contributed by atoms with Crippen molar-refractivity contribution in [2.24, 2.45) is 5.41 Å². The smallest absolute Gasteiger partial charge is 0.244 e. The van der Waals surface area contributed by atoms with Gasteiger partial charge in [0.05, 0.1) is 0 Å². The summed E-state index contributed by atoms with van der Waals surface area (Å²) in [7, 11) is 0. The predicted molar refractivity (Wildman–Crippen MR) is 121 cm³/mol. The molecule has 6 heteroatoms. The van der Waals surface area contributed by atoms with Gasteiger partial charge in [0.15, 0.2) is 0 Å². The van der Waals surface area contributed by atoms with E-state index in [-0.39, 0.29) is 17.2 Å². The van der Waals surface area contributed by atoms with Gasteiger partial charge in [0.1, 0.15) is 0 Å². The SMILES string of the molecule is CC(C)(CNC(=O)/C=C\c1ccc(Cl)cc1)CNC(=O)/C=C\c1ccc(Cl)cc1. The Hall–Kier alpha value is -2.56. The molecule has 2 aromatic carbocycles. The van der Waals surface area contributed by atoms with E-state index >= 15 is 0 Å². The second kappa shape index (κ2) is 10.8. The molecule has 0 saturated heterocycles. The molecule has 29 heavy (non-hydrogen) atoms. The van der Waals surface area contributed by atoms with Crippen LogP contribution in [-0.4, -0.2) is 24.9 Å². The summed E-state index contributed by atoms with van der Waals surface area (Å²) in [6.45, 7) is 4.80. The maximum atomic E-state index is 12.0. The fourth-order valence-corrected chi connectivity index (χ4v) is 2.58. The molecule has 0 radical (unpaired) electrons. The molecule has 0 aliphatic rings. The van der Waals surface area contributed by atoms with E-state index < -0.39 is 0 Å². The van der Waals surface area contributed by atoms with Crippen molar-refractivity contribution < 1.29 is 9.59 Å². The van der Waals surface area contributed by atoms with Crippen LogP contribution < -0.4 is 10.6 Å². The summed E-state index contributed by atoms with van der Waals surface area (Å²) in [5.74, 6) is -0.385. The Labute approximate surface area is 181 Å². The average Bonchev–Trinajstić information content (AvgIpc) is 2.70. The highest BCUT2D eigenvalue weighted by atomic mass is 35.5. The van der Waals surface area contributed by atoms with Crippen LogP contribution in [0.15, 0.2) is 60.7 Å². The molecule has 2 amide bonds. The highest BCUT2D eigenvalue weighted by molar-refractivity contribution is 6.30. The van der Waals surface area contributed by atoms with Crippen LogP contribution in [0.4, 0.5) is 0 Å².